The summed E-state index contributed by atoms with van der Waals surface area (Å²) in [6.07, 6.45) is 0. The van der Waals surface area contributed by atoms with Gasteiger partial charge in [-0.1, -0.05) is 31.5 Å². The first-order valence-electron chi connectivity index (χ1n) is 5.54. The average molecular weight is 221 g/mol. The van der Waals surface area contributed by atoms with Crippen LogP contribution in [0.3, 0.4) is 0 Å². The van der Waals surface area contributed by atoms with E-state index in [4.69, 9.17) is 4.74 Å². The van der Waals surface area contributed by atoms with E-state index in [1.807, 2.05) is 45.0 Å². The van der Waals surface area contributed by atoms with Crippen molar-refractivity contribution in [2.45, 2.75) is 20.8 Å². The van der Waals surface area contributed by atoms with Crippen molar-refractivity contribution in [1.29, 1.82) is 0 Å². The first-order valence-corrected chi connectivity index (χ1v) is 5.54. The Bertz CT molecular complexity index is 330. The fourth-order valence-corrected chi connectivity index (χ4v) is 1.16. The minimum atomic E-state index is -0.214. The number of rotatable bonds is 5. The van der Waals surface area contributed by atoms with E-state index in [-0.39, 0.29) is 12.5 Å². The zero-order valence-electron chi connectivity index (χ0n) is 10.1. The Kier molecular flexibility index (Phi) is 4.83. The molecule has 0 aliphatic heterocycles. The van der Waals surface area contributed by atoms with Crippen molar-refractivity contribution >= 4 is 11.7 Å². The first kappa shape index (κ1) is 12.6. The van der Waals surface area contributed by atoms with Gasteiger partial charge in [0.25, 0.3) is 0 Å². The molecule has 0 amide bonds. The number of benzene rings is 1. The van der Waals surface area contributed by atoms with E-state index in [2.05, 4.69) is 5.32 Å². The van der Waals surface area contributed by atoms with E-state index in [0.29, 0.717) is 12.5 Å². The van der Waals surface area contributed by atoms with E-state index < -0.39 is 0 Å². The molecule has 0 bridgehead atoms. The van der Waals surface area contributed by atoms with Gasteiger partial charge >= 0.3 is 5.97 Å². The molecule has 0 aromatic heterocycles. The maximum absolute atomic E-state index is 11.3. The molecule has 0 aliphatic rings. The molecule has 0 saturated carbocycles. The zero-order chi connectivity index (χ0) is 12.0. The summed E-state index contributed by atoms with van der Waals surface area (Å²) in [5.41, 5.74) is 2.14. The molecule has 16 heavy (non-hydrogen) atoms. The van der Waals surface area contributed by atoms with Crippen LogP contribution in [-0.4, -0.2) is 19.1 Å². The van der Waals surface area contributed by atoms with Crippen molar-refractivity contribution in [3.8, 4) is 0 Å². The summed E-state index contributed by atoms with van der Waals surface area (Å²) in [7, 11) is 0. The van der Waals surface area contributed by atoms with Gasteiger partial charge in [-0.15, -0.1) is 0 Å². The molecule has 0 fully saturated rings. The number of aryl methyl sites for hydroxylation is 1. The van der Waals surface area contributed by atoms with E-state index in [0.717, 1.165) is 5.69 Å². The molecule has 3 nitrogen and oxygen atoms in total. The van der Waals surface area contributed by atoms with Crippen molar-refractivity contribution in [3.05, 3.63) is 29.8 Å². The lowest BCUT2D eigenvalue weighted by Crippen LogP contribution is -2.18. The van der Waals surface area contributed by atoms with Crippen LogP contribution in [0.15, 0.2) is 24.3 Å². The second-order valence-electron chi connectivity index (χ2n) is 4.30. The molecule has 0 radical (unpaired) electrons. The summed E-state index contributed by atoms with van der Waals surface area (Å²) < 4.78 is 5.05. The van der Waals surface area contributed by atoms with Crippen LogP contribution in [0.25, 0.3) is 0 Å². The van der Waals surface area contributed by atoms with Gasteiger partial charge in [-0.3, -0.25) is 4.79 Å². The molecule has 88 valence electrons. The molecule has 0 saturated heterocycles. The van der Waals surface area contributed by atoms with E-state index in [1.54, 1.807) is 0 Å². The Morgan fingerprint density at radius 2 is 1.94 bits per heavy atom. The minimum Gasteiger partial charge on any atom is -0.464 e. The van der Waals surface area contributed by atoms with Crippen molar-refractivity contribution in [2.75, 3.05) is 18.5 Å². The van der Waals surface area contributed by atoms with Gasteiger partial charge in [0.1, 0.15) is 6.54 Å². The SMILES string of the molecule is Cc1ccc(NCC(=O)OCC(C)C)cc1. The summed E-state index contributed by atoms with van der Waals surface area (Å²) in [6.45, 7) is 6.76. The van der Waals surface area contributed by atoms with E-state index in [9.17, 15) is 4.79 Å². The Hall–Kier alpha value is -1.51. The van der Waals surface area contributed by atoms with Gasteiger partial charge in [0, 0.05) is 5.69 Å². The number of anilines is 1. The molecule has 1 N–H and O–H groups in total. The second-order valence-corrected chi connectivity index (χ2v) is 4.30. The summed E-state index contributed by atoms with van der Waals surface area (Å²) >= 11 is 0. The fourth-order valence-electron chi connectivity index (χ4n) is 1.16. The third kappa shape index (κ3) is 4.82. The van der Waals surface area contributed by atoms with Gasteiger partial charge in [-0.2, -0.15) is 0 Å². The number of carbonyl (C=O) groups is 1. The summed E-state index contributed by atoms with van der Waals surface area (Å²) in [5, 5.41) is 3.02. The highest BCUT2D eigenvalue weighted by Crippen LogP contribution is 2.07. The normalized spacial score (nSPS) is 10.2. The van der Waals surface area contributed by atoms with Gasteiger partial charge in [0.15, 0.2) is 0 Å². The number of ether oxygens (including phenoxy) is 1. The quantitative estimate of drug-likeness (QED) is 0.777. The average Bonchev–Trinajstić information content (AvgIpc) is 2.25. The van der Waals surface area contributed by atoms with Crippen LogP contribution in [0.2, 0.25) is 0 Å². The van der Waals surface area contributed by atoms with Crippen molar-refractivity contribution < 1.29 is 9.53 Å². The summed E-state index contributed by atoms with van der Waals surface area (Å²) in [5.74, 6) is 0.164. The standard InChI is InChI=1S/C13H19NO2/c1-10(2)9-16-13(15)8-14-12-6-4-11(3)5-7-12/h4-7,10,14H,8-9H2,1-3H3. The molecule has 0 spiro atoms. The highest BCUT2D eigenvalue weighted by atomic mass is 16.5. The van der Waals surface area contributed by atoms with Crippen LogP contribution < -0.4 is 5.32 Å². The predicted octanol–water partition coefficient (Wildman–Crippen LogP) is 2.61. The first-order chi connectivity index (χ1) is 7.58. The zero-order valence-corrected chi connectivity index (χ0v) is 10.1. The number of hydrogen-bond acceptors (Lipinski definition) is 3. The third-order valence-corrected chi connectivity index (χ3v) is 2.07. The predicted molar refractivity (Wildman–Crippen MR) is 65.5 cm³/mol. The van der Waals surface area contributed by atoms with E-state index >= 15 is 0 Å². The smallest absolute Gasteiger partial charge is 0.325 e. The van der Waals surface area contributed by atoms with Crippen LogP contribution in [0, 0.1) is 12.8 Å². The molecule has 1 rings (SSSR count). The second kappa shape index (κ2) is 6.16. The Morgan fingerprint density at radius 1 is 1.31 bits per heavy atom. The number of nitrogens with one attached hydrogen (secondary N) is 1. The highest BCUT2D eigenvalue weighted by molar-refractivity contribution is 5.74. The molecule has 0 unspecified atom stereocenters. The third-order valence-electron chi connectivity index (χ3n) is 2.07. The lowest BCUT2D eigenvalue weighted by molar-refractivity contribution is -0.142. The lowest BCUT2D eigenvalue weighted by Gasteiger charge is -2.08. The largest absolute Gasteiger partial charge is 0.464 e. The van der Waals surface area contributed by atoms with Gasteiger partial charge in [-0.25, -0.2) is 0 Å². The van der Waals surface area contributed by atoms with Gasteiger partial charge in [0.2, 0.25) is 0 Å². The van der Waals surface area contributed by atoms with E-state index in [1.165, 1.54) is 5.56 Å². The number of esters is 1. The van der Waals surface area contributed by atoms with Gasteiger partial charge in [0.05, 0.1) is 6.61 Å². The van der Waals surface area contributed by atoms with Crippen molar-refractivity contribution in [2.24, 2.45) is 5.92 Å². The molecular weight excluding hydrogens is 202 g/mol. The molecule has 0 aliphatic carbocycles. The molecule has 3 heteroatoms. The minimum absolute atomic E-state index is 0.214. The number of hydrogen-bond donors (Lipinski definition) is 1. The lowest BCUT2D eigenvalue weighted by atomic mass is 10.2. The monoisotopic (exact) mass is 221 g/mol. The van der Waals surface area contributed by atoms with Gasteiger partial charge < -0.3 is 10.1 Å². The topological polar surface area (TPSA) is 38.3 Å². The summed E-state index contributed by atoms with van der Waals surface area (Å²) in [4.78, 5) is 11.3. The van der Waals surface area contributed by atoms with Crippen LogP contribution in [0.1, 0.15) is 19.4 Å². The van der Waals surface area contributed by atoms with Gasteiger partial charge in [-0.05, 0) is 25.0 Å². The molecule has 1 aromatic carbocycles. The number of carbonyl (C=O) groups excluding carboxylic acids is 1. The molecule has 1 aromatic rings. The van der Waals surface area contributed by atoms with Crippen LogP contribution >= 0.6 is 0 Å². The Labute approximate surface area is 96.8 Å². The van der Waals surface area contributed by atoms with Crippen molar-refractivity contribution in [1.82, 2.24) is 0 Å². The maximum Gasteiger partial charge on any atom is 0.325 e. The van der Waals surface area contributed by atoms with Crippen molar-refractivity contribution in [3.63, 3.8) is 0 Å². The fraction of sp³-hybridized carbons (Fsp3) is 0.462. The van der Waals surface area contributed by atoms with Crippen LogP contribution in [0.4, 0.5) is 5.69 Å². The Morgan fingerprint density at radius 3 is 2.50 bits per heavy atom. The maximum atomic E-state index is 11.3. The summed E-state index contributed by atoms with van der Waals surface area (Å²) in [6, 6.07) is 7.90. The molecular formula is C13H19NO2. The highest BCUT2D eigenvalue weighted by Gasteiger charge is 2.03. The Balaban J connectivity index is 2.29. The molecule has 0 atom stereocenters. The van der Waals surface area contributed by atoms with Crippen LogP contribution in [0.5, 0.6) is 0 Å². The van der Waals surface area contributed by atoms with Crippen LogP contribution in [-0.2, 0) is 9.53 Å². The molecule has 0 heterocycles.